The van der Waals surface area contributed by atoms with Gasteiger partial charge in [0.25, 0.3) is 0 Å². The first-order chi connectivity index (χ1) is 8.70. The van der Waals surface area contributed by atoms with Crippen LogP contribution in [0.5, 0.6) is 0 Å². The van der Waals surface area contributed by atoms with Crippen LogP contribution in [0.25, 0.3) is 0 Å². The molecule has 0 saturated heterocycles. The average Bonchev–Trinajstić information content (AvgIpc) is 2.37. The van der Waals surface area contributed by atoms with Crippen molar-refractivity contribution in [1.82, 2.24) is 5.43 Å². The minimum atomic E-state index is 0.0925. The van der Waals surface area contributed by atoms with E-state index in [0.717, 1.165) is 15.4 Å². The van der Waals surface area contributed by atoms with Crippen molar-refractivity contribution in [2.24, 2.45) is 5.84 Å². The molecule has 0 spiro atoms. The Hall–Kier alpha value is -0.680. The van der Waals surface area contributed by atoms with Crippen molar-refractivity contribution in [2.75, 3.05) is 0 Å². The summed E-state index contributed by atoms with van der Waals surface area (Å²) in [6, 6.07) is 16.5. The van der Waals surface area contributed by atoms with Gasteiger partial charge >= 0.3 is 0 Å². The lowest BCUT2D eigenvalue weighted by Gasteiger charge is -2.18. The van der Waals surface area contributed by atoms with Gasteiger partial charge in [-0.15, -0.1) is 0 Å². The average molecular weight is 370 g/mol. The van der Waals surface area contributed by atoms with Crippen molar-refractivity contribution >= 4 is 31.9 Å². The highest BCUT2D eigenvalue weighted by Gasteiger charge is 2.13. The number of hydrogen-bond acceptors (Lipinski definition) is 2. The summed E-state index contributed by atoms with van der Waals surface area (Å²) in [6.45, 7) is 0. The molecule has 0 heterocycles. The van der Waals surface area contributed by atoms with E-state index in [4.69, 9.17) is 5.84 Å². The molecular formula is C14H14Br2N2. The van der Waals surface area contributed by atoms with E-state index < -0.39 is 0 Å². The lowest BCUT2D eigenvalue weighted by atomic mass is 9.99. The van der Waals surface area contributed by atoms with Crippen molar-refractivity contribution in [3.63, 3.8) is 0 Å². The van der Waals surface area contributed by atoms with E-state index in [2.05, 4.69) is 55.5 Å². The van der Waals surface area contributed by atoms with Gasteiger partial charge in [0.1, 0.15) is 0 Å². The minimum Gasteiger partial charge on any atom is -0.271 e. The summed E-state index contributed by atoms with van der Waals surface area (Å²) in [4.78, 5) is 0. The maximum Gasteiger partial charge on any atom is 0.0511 e. The maximum atomic E-state index is 5.68. The van der Waals surface area contributed by atoms with Gasteiger partial charge in [0.15, 0.2) is 0 Å². The lowest BCUT2D eigenvalue weighted by molar-refractivity contribution is 0.550. The van der Waals surface area contributed by atoms with E-state index in [1.54, 1.807) is 0 Å². The zero-order valence-corrected chi connectivity index (χ0v) is 12.9. The molecule has 1 atom stereocenters. The van der Waals surface area contributed by atoms with Crippen LogP contribution in [0.4, 0.5) is 0 Å². The van der Waals surface area contributed by atoms with Gasteiger partial charge < -0.3 is 0 Å². The predicted molar refractivity (Wildman–Crippen MR) is 82.1 cm³/mol. The fraction of sp³-hybridized carbons (Fsp3) is 0.143. The van der Waals surface area contributed by atoms with Crippen LogP contribution in [0.15, 0.2) is 57.5 Å². The predicted octanol–water partition coefficient (Wildman–Crippen LogP) is 3.96. The summed E-state index contributed by atoms with van der Waals surface area (Å²) < 4.78 is 2.16. The molecule has 2 rings (SSSR count). The largest absolute Gasteiger partial charge is 0.271 e. The Balaban J connectivity index is 2.23. The summed E-state index contributed by atoms with van der Waals surface area (Å²) >= 11 is 7.04. The highest BCUT2D eigenvalue weighted by molar-refractivity contribution is 9.10. The SMILES string of the molecule is NNC(Cc1cccc(Br)c1)c1ccccc1Br. The molecule has 0 aliphatic carbocycles. The van der Waals surface area contributed by atoms with Crippen LogP contribution >= 0.6 is 31.9 Å². The molecule has 0 radical (unpaired) electrons. The number of benzene rings is 2. The van der Waals surface area contributed by atoms with Crippen molar-refractivity contribution in [3.8, 4) is 0 Å². The summed E-state index contributed by atoms with van der Waals surface area (Å²) in [5.74, 6) is 5.68. The van der Waals surface area contributed by atoms with Gasteiger partial charge in [-0.05, 0) is 35.7 Å². The summed E-state index contributed by atoms with van der Waals surface area (Å²) in [5.41, 5.74) is 5.29. The molecule has 18 heavy (non-hydrogen) atoms. The molecule has 0 bridgehead atoms. The quantitative estimate of drug-likeness (QED) is 0.632. The van der Waals surface area contributed by atoms with Crippen molar-refractivity contribution in [1.29, 1.82) is 0 Å². The van der Waals surface area contributed by atoms with E-state index in [0.29, 0.717) is 0 Å². The molecular weight excluding hydrogens is 356 g/mol. The summed E-state index contributed by atoms with van der Waals surface area (Å²) in [5, 5.41) is 0. The second-order valence-corrected chi connectivity index (χ2v) is 5.84. The molecule has 3 N–H and O–H groups in total. The van der Waals surface area contributed by atoms with Crippen LogP contribution < -0.4 is 11.3 Å². The first kappa shape index (κ1) is 13.7. The highest BCUT2D eigenvalue weighted by Crippen LogP contribution is 2.26. The number of halogens is 2. The Bertz CT molecular complexity index is 529. The molecule has 0 aromatic heterocycles. The van der Waals surface area contributed by atoms with Crippen LogP contribution in [-0.2, 0) is 6.42 Å². The second-order valence-electron chi connectivity index (χ2n) is 4.07. The normalized spacial score (nSPS) is 12.4. The Kier molecular flexibility index (Phi) is 4.95. The Morgan fingerprint density at radius 1 is 1.06 bits per heavy atom. The van der Waals surface area contributed by atoms with Gasteiger partial charge in [-0.2, -0.15) is 0 Å². The first-order valence-corrected chi connectivity index (χ1v) is 7.24. The molecule has 0 amide bonds. The molecule has 0 fully saturated rings. The zero-order chi connectivity index (χ0) is 13.0. The van der Waals surface area contributed by atoms with Crippen LogP contribution in [0.1, 0.15) is 17.2 Å². The van der Waals surface area contributed by atoms with E-state index in [-0.39, 0.29) is 6.04 Å². The lowest BCUT2D eigenvalue weighted by Crippen LogP contribution is -2.29. The first-order valence-electron chi connectivity index (χ1n) is 5.65. The van der Waals surface area contributed by atoms with Gasteiger partial charge in [-0.3, -0.25) is 11.3 Å². The molecule has 2 nitrogen and oxygen atoms in total. The monoisotopic (exact) mass is 368 g/mol. The second kappa shape index (κ2) is 6.48. The molecule has 1 unspecified atom stereocenters. The fourth-order valence-corrected chi connectivity index (χ4v) is 2.92. The van der Waals surface area contributed by atoms with Gasteiger partial charge in [-0.1, -0.05) is 62.2 Å². The molecule has 2 aromatic carbocycles. The van der Waals surface area contributed by atoms with Crippen LogP contribution in [-0.4, -0.2) is 0 Å². The molecule has 4 heteroatoms. The van der Waals surface area contributed by atoms with E-state index in [1.165, 1.54) is 11.1 Å². The summed E-state index contributed by atoms with van der Waals surface area (Å²) in [7, 11) is 0. The van der Waals surface area contributed by atoms with E-state index in [9.17, 15) is 0 Å². The van der Waals surface area contributed by atoms with Crippen molar-refractivity contribution in [3.05, 3.63) is 68.6 Å². The standard InChI is InChI=1S/C14H14Br2N2/c15-11-5-3-4-10(8-11)9-14(18-17)12-6-1-2-7-13(12)16/h1-8,14,18H,9,17H2. The number of nitrogens with two attached hydrogens (primary N) is 1. The third-order valence-corrected chi connectivity index (χ3v) is 4.03. The number of hydrazine groups is 1. The highest BCUT2D eigenvalue weighted by atomic mass is 79.9. The van der Waals surface area contributed by atoms with Gasteiger partial charge in [0, 0.05) is 8.95 Å². The fourth-order valence-electron chi connectivity index (χ4n) is 1.92. The van der Waals surface area contributed by atoms with E-state index in [1.807, 2.05) is 30.3 Å². The zero-order valence-electron chi connectivity index (χ0n) is 9.74. The Labute approximate surface area is 124 Å². The van der Waals surface area contributed by atoms with Crippen molar-refractivity contribution in [2.45, 2.75) is 12.5 Å². The molecule has 0 aliphatic rings. The van der Waals surface area contributed by atoms with Crippen LogP contribution in [0.2, 0.25) is 0 Å². The molecule has 94 valence electrons. The number of rotatable bonds is 4. The molecule has 2 aromatic rings. The molecule has 0 saturated carbocycles. The Morgan fingerprint density at radius 3 is 2.50 bits per heavy atom. The topological polar surface area (TPSA) is 38.0 Å². The van der Waals surface area contributed by atoms with Crippen LogP contribution in [0.3, 0.4) is 0 Å². The van der Waals surface area contributed by atoms with E-state index >= 15 is 0 Å². The molecule has 0 aliphatic heterocycles. The summed E-state index contributed by atoms with van der Waals surface area (Å²) in [6.07, 6.45) is 0.846. The Morgan fingerprint density at radius 2 is 1.83 bits per heavy atom. The van der Waals surface area contributed by atoms with Gasteiger partial charge in [0.2, 0.25) is 0 Å². The van der Waals surface area contributed by atoms with Gasteiger partial charge in [-0.25, -0.2) is 0 Å². The third-order valence-electron chi connectivity index (χ3n) is 2.81. The van der Waals surface area contributed by atoms with Crippen LogP contribution in [0, 0.1) is 0 Å². The van der Waals surface area contributed by atoms with Gasteiger partial charge in [0.05, 0.1) is 6.04 Å². The number of nitrogens with one attached hydrogen (secondary N) is 1. The smallest absolute Gasteiger partial charge is 0.0511 e. The van der Waals surface area contributed by atoms with Crippen molar-refractivity contribution < 1.29 is 0 Å². The maximum absolute atomic E-state index is 5.68. The number of hydrogen-bond donors (Lipinski definition) is 2. The minimum absolute atomic E-state index is 0.0925. The third kappa shape index (κ3) is 3.42.